The fourth-order valence-electron chi connectivity index (χ4n) is 1.95. The van der Waals surface area contributed by atoms with Crippen molar-refractivity contribution in [3.05, 3.63) is 58.6 Å². The number of Topliss-reactive ketones (excluding diaryl/α,β-unsaturated/α-hetero) is 1. The molecular weight excluding hydrogens is 392 g/mol. The van der Waals surface area contributed by atoms with E-state index in [-0.39, 0.29) is 11.5 Å². The van der Waals surface area contributed by atoms with E-state index in [4.69, 9.17) is 9.47 Å². The molecule has 0 aliphatic rings. The summed E-state index contributed by atoms with van der Waals surface area (Å²) in [7, 11) is 1.56. The number of methoxy groups -OCH3 is 1. The Morgan fingerprint density at radius 3 is 2.29 bits per heavy atom. The summed E-state index contributed by atoms with van der Waals surface area (Å²) in [5, 5.41) is 0. The van der Waals surface area contributed by atoms with Crippen LogP contribution in [0.5, 0.6) is 5.75 Å². The zero-order valence-corrected chi connectivity index (χ0v) is 15.7. The predicted octanol–water partition coefficient (Wildman–Crippen LogP) is 4.36. The number of hydrogen-bond donors (Lipinski definition) is 0. The molecule has 2 aromatic carbocycles. The van der Waals surface area contributed by atoms with Gasteiger partial charge in [-0.25, -0.2) is 0 Å². The van der Waals surface area contributed by atoms with Gasteiger partial charge in [0.25, 0.3) is 0 Å². The Bertz CT molecular complexity index is 698. The number of ether oxygens (including phenoxy) is 2. The first-order valence-corrected chi connectivity index (χ1v) is 9.03. The lowest BCUT2D eigenvalue weighted by molar-refractivity contribution is -0.143. The molecule has 2 aromatic rings. The molecule has 0 spiro atoms. The Hall–Kier alpha value is -1.79. The number of carbonyl (C=O) groups is 2. The largest absolute Gasteiger partial charge is 0.497 e. The van der Waals surface area contributed by atoms with Crippen LogP contribution in [0, 0.1) is 0 Å². The lowest BCUT2D eigenvalue weighted by Gasteiger charge is -2.12. The van der Waals surface area contributed by atoms with Gasteiger partial charge < -0.3 is 9.47 Å². The van der Waals surface area contributed by atoms with Crippen LogP contribution in [0.4, 0.5) is 0 Å². The average molecular weight is 409 g/mol. The van der Waals surface area contributed by atoms with Crippen LogP contribution in [0.1, 0.15) is 17.3 Å². The van der Waals surface area contributed by atoms with E-state index >= 15 is 0 Å². The van der Waals surface area contributed by atoms with Crippen molar-refractivity contribution in [2.45, 2.75) is 17.9 Å². The summed E-state index contributed by atoms with van der Waals surface area (Å²) in [4.78, 5) is 25.1. The molecule has 126 valence electrons. The van der Waals surface area contributed by atoms with Gasteiger partial charge in [-0.15, -0.1) is 11.8 Å². The summed E-state index contributed by atoms with van der Waals surface area (Å²) in [5.74, 6) is 0.168. The van der Waals surface area contributed by atoms with Crippen LogP contribution in [0.2, 0.25) is 0 Å². The van der Waals surface area contributed by atoms with Crippen LogP contribution in [0.25, 0.3) is 0 Å². The lowest BCUT2D eigenvalue weighted by atomic mass is 10.1. The van der Waals surface area contributed by atoms with Gasteiger partial charge >= 0.3 is 5.97 Å². The molecule has 0 aliphatic carbocycles. The van der Waals surface area contributed by atoms with E-state index in [1.165, 1.54) is 11.8 Å². The first-order valence-electron chi connectivity index (χ1n) is 7.25. The van der Waals surface area contributed by atoms with Crippen LogP contribution in [-0.2, 0) is 9.53 Å². The molecule has 0 aliphatic heterocycles. The van der Waals surface area contributed by atoms with E-state index in [1.807, 2.05) is 24.3 Å². The molecule has 0 amide bonds. The number of benzene rings is 2. The Kier molecular flexibility index (Phi) is 6.87. The highest BCUT2D eigenvalue weighted by Crippen LogP contribution is 2.21. The van der Waals surface area contributed by atoms with Gasteiger partial charge in [0, 0.05) is 14.9 Å². The average Bonchev–Trinajstić information content (AvgIpc) is 2.60. The van der Waals surface area contributed by atoms with Crippen molar-refractivity contribution in [3.8, 4) is 5.75 Å². The molecule has 0 saturated carbocycles. The van der Waals surface area contributed by atoms with Crippen molar-refractivity contribution >= 4 is 39.4 Å². The van der Waals surface area contributed by atoms with Gasteiger partial charge in [0.1, 0.15) is 5.75 Å². The van der Waals surface area contributed by atoms with Gasteiger partial charge in [0.15, 0.2) is 6.10 Å². The molecule has 0 heterocycles. The van der Waals surface area contributed by atoms with Crippen molar-refractivity contribution in [3.63, 3.8) is 0 Å². The number of halogens is 1. The minimum Gasteiger partial charge on any atom is -0.497 e. The number of thioether (sulfide) groups is 1. The van der Waals surface area contributed by atoms with Crippen molar-refractivity contribution in [2.24, 2.45) is 0 Å². The molecule has 1 atom stereocenters. The third-order valence-electron chi connectivity index (χ3n) is 3.22. The highest BCUT2D eigenvalue weighted by atomic mass is 79.9. The quantitative estimate of drug-likeness (QED) is 0.386. The number of ketones is 1. The fourth-order valence-corrected chi connectivity index (χ4v) is 2.89. The summed E-state index contributed by atoms with van der Waals surface area (Å²) in [5.41, 5.74) is 0.483. The van der Waals surface area contributed by atoms with Crippen LogP contribution < -0.4 is 4.74 Å². The van der Waals surface area contributed by atoms with Gasteiger partial charge in [-0.3, -0.25) is 9.59 Å². The second-order valence-corrected chi connectivity index (χ2v) is 6.93. The Labute approximate surface area is 153 Å². The topological polar surface area (TPSA) is 52.6 Å². The minimum atomic E-state index is -0.823. The number of rotatable bonds is 7. The maximum atomic E-state index is 12.3. The zero-order chi connectivity index (χ0) is 17.5. The molecule has 6 heteroatoms. The van der Waals surface area contributed by atoms with E-state index in [0.29, 0.717) is 11.3 Å². The molecule has 4 nitrogen and oxygen atoms in total. The van der Waals surface area contributed by atoms with Crippen molar-refractivity contribution < 1.29 is 19.1 Å². The molecule has 0 aromatic heterocycles. The van der Waals surface area contributed by atoms with E-state index in [1.54, 1.807) is 38.3 Å². The van der Waals surface area contributed by atoms with Crippen molar-refractivity contribution in [1.82, 2.24) is 0 Å². The molecule has 0 unspecified atom stereocenters. The summed E-state index contributed by atoms with van der Waals surface area (Å²) in [6, 6.07) is 14.3. The van der Waals surface area contributed by atoms with Gasteiger partial charge in [0.2, 0.25) is 5.78 Å². The summed E-state index contributed by atoms with van der Waals surface area (Å²) < 4.78 is 11.3. The Morgan fingerprint density at radius 1 is 1.08 bits per heavy atom. The summed E-state index contributed by atoms with van der Waals surface area (Å²) >= 11 is 4.73. The third kappa shape index (κ3) is 5.39. The molecule has 0 radical (unpaired) electrons. The molecule has 0 saturated heterocycles. The Morgan fingerprint density at radius 2 is 1.71 bits per heavy atom. The molecular formula is C18H17BrO4S. The maximum absolute atomic E-state index is 12.3. The fraction of sp³-hybridized carbons (Fsp3) is 0.222. The second kappa shape index (κ2) is 8.89. The molecule has 0 fully saturated rings. The second-order valence-electron chi connectivity index (χ2n) is 4.97. The van der Waals surface area contributed by atoms with Crippen LogP contribution in [-0.4, -0.2) is 30.7 Å². The van der Waals surface area contributed by atoms with Crippen molar-refractivity contribution in [2.75, 3.05) is 12.9 Å². The number of hydrogen-bond acceptors (Lipinski definition) is 5. The maximum Gasteiger partial charge on any atom is 0.316 e. The lowest BCUT2D eigenvalue weighted by Crippen LogP contribution is -2.25. The van der Waals surface area contributed by atoms with Crippen LogP contribution in [0.15, 0.2) is 57.9 Å². The van der Waals surface area contributed by atoms with E-state index in [9.17, 15) is 9.59 Å². The molecule has 0 N–H and O–H groups in total. The van der Waals surface area contributed by atoms with E-state index in [0.717, 1.165) is 9.37 Å². The number of esters is 1. The zero-order valence-electron chi connectivity index (χ0n) is 13.3. The minimum absolute atomic E-state index is 0.155. The van der Waals surface area contributed by atoms with Gasteiger partial charge in [-0.05, 0) is 55.5 Å². The van der Waals surface area contributed by atoms with E-state index < -0.39 is 12.1 Å². The highest BCUT2D eigenvalue weighted by molar-refractivity contribution is 9.10. The molecule has 2 rings (SSSR count). The van der Waals surface area contributed by atoms with Gasteiger partial charge in [-0.1, -0.05) is 15.9 Å². The third-order valence-corrected chi connectivity index (χ3v) is 4.74. The predicted molar refractivity (Wildman–Crippen MR) is 97.7 cm³/mol. The van der Waals surface area contributed by atoms with Gasteiger partial charge in [-0.2, -0.15) is 0 Å². The molecule has 24 heavy (non-hydrogen) atoms. The van der Waals surface area contributed by atoms with Crippen molar-refractivity contribution in [1.29, 1.82) is 0 Å². The van der Waals surface area contributed by atoms with Gasteiger partial charge in [0.05, 0.1) is 12.9 Å². The van der Waals surface area contributed by atoms with Crippen LogP contribution >= 0.6 is 27.7 Å². The highest BCUT2D eigenvalue weighted by Gasteiger charge is 2.19. The molecule has 0 bridgehead atoms. The SMILES string of the molecule is COc1ccc(C(=O)[C@@H](C)OC(=O)CSc2ccc(Br)cc2)cc1. The van der Waals surface area contributed by atoms with Crippen LogP contribution in [0.3, 0.4) is 0 Å². The Balaban J connectivity index is 1.85. The first-order chi connectivity index (χ1) is 11.5. The summed E-state index contributed by atoms with van der Waals surface area (Å²) in [6.07, 6.45) is -0.823. The normalized spacial score (nSPS) is 11.6. The number of carbonyl (C=O) groups excluding carboxylic acids is 2. The smallest absolute Gasteiger partial charge is 0.316 e. The summed E-state index contributed by atoms with van der Waals surface area (Å²) in [6.45, 7) is 1.58. The first kappa shape index (κ1) is 18.5. The monoisotopic (exact) mass is 408 g/mol. The van der Waals surface area contributed by atoms with E-state index in [2.05, 4.69) is 15.9 Å². The standard InChI is InChI=1S/C18H17BrO4S/c1-12(18(21)13-3-7-15(22-2)8-4-13)23-17(20)11-24-16-9-5-14(19)6-10-16/h3-10,12H,11H2,1-2H3/t12-/m1/s1.